The molecular weight excluding hydrogens is 309 g/mol. The standard InChI is InChI=1S/C15H23N3O.2ClH/c1-15(2)12-17(14(19)10-16)8-9-18(15)11-13-6-4-3-5-7-13;;/h3-7H,8-12,16H2,1-2H3;2*1H. The number of nitrogens with two attached hydrogens (primary N) is 1. The van der Waals surface area contributed by atoms with Gasteiger partial charge in [-0.3, -0.25) is 9.69 Å². The number of hydrogen-bond acceptors (Lipinski definition) is 3. The van der Waals surface area contributed by atoms with Crippen molar-refractivity contribution in [2.45, 2.75) is 25.9 Å². The lowest BCUT2D eigenvalue weighted by molar-refractivity contribution is -0.134. The Balaban J connectivity index is 0.00000200. The van der Waals surface area contributed by atoms with Crippen molar-refractivity contribution in [2.24, 2.45) is 5.73 Å². The molecule has 0 atom stereocenters. The van der Waals surface area contributed by atoms with Crippen LogP contribution in [0.1, 0.15) is 19.4 Å². The van der Waals surface area contributed by atoms with E-state index in [2.05, 4.69) is 43.0 Å². The van der Waals surface area contributed by atoms with E-state index in [9.17, 15) is 4.79 Å². The van der Waals surface area contributed by atoms with E-state index in [1.165, 1.54) is 5.56 Å². The van der Waals surface area contributed by atoms with E-state index in [4.69, 9.17) is 5.73 Å². The highest BCUT2D eigenvalue weighted by Gasteiger charge is 2.34. The summed E-state index contributed by atoms with van der Waals surface area (Å²) >= 11 is 0. The zero-order chi connectivity index (χ0) is 13.9. The molecule has 1 fully saturated rings. The molecule has 1 heterocycles. The van der Waals surface area contributed by atoms with Gasteiger partial charge in [0.1, 0.15) is 0 Å². The summed E-state index contributed by atoms with van der Waals surface area (Å²) in [5.74, 6) is 0.0486. The summed E-state index contributed by atoms with van der Waals surface area (Å²) in [7, 11) is 0. The van der Waals surface area contributed by atoms with E-state index in [0.29, 0.717) is 0 Å². The number of carbonyl (C=O) groups is 1. The third-order valence-corrected chi connectivity index (χ3v) is 3.82. The molecule has 21 heavy (non-hydrogen) atoms. The second kappa shape index (κ2) is 8.59. The smallest absolute Gasteiger partial charge is 0.236 e. The van der Waals surface area contributed by atoms with Gasteiger partial charge in [0.15, 0.2) is 0 Å². The van der Waals surface area contributed by atoms with Crippen molar-refractivity contribution >= 4 is 30.7 Å². The zero-order valence-electron chi connectivity index (χ0n) is 12.6. The van der Waals surface area contributed by atoms with E-state index in [0.717, 1.165) is 26.2 Å². The molecule has 0 radical (unpaired) electrons. The third kappa shape index (κ3) is 5.15. The first-order valence-corrected chi connectivity index (χ1v) is 6.80. The molecule has 2 rings (SSSR count). The fourth-order valence-electron chi connectivity index (χ4n) is 2.63. The van der Waals surface area contributed by atoms with Gasteiger partial charge in [0.25, 0.3) is 0 Å². The highest BCUT2D eigenvalue weighted by atomic mass is 35.5. The van der Waals surface area contributed by atoms with Crippen LogP contribution in [0, 0.1) is 0 Å². The predicted molar refractivity (Wildman–Crippen MR) is 91.1 cm³/mol. The molecule has 1 amide bonds. The predicted octanol–water partition coefficient (Wildman–Crippen LogP) is 1.91. The van der Waals surface area contributed by atoms with Crippen LogP contribution < -0.4 is 5.73 Å². The van der Waals surface area contributed by atoms with Crippen LogP contribution in [0.4, 0.5) is 0 Å². The van der Waals surface area contributed by atoms with Gasteiger partial charge >= 0.3 is 0 Å². The molecule has 0 saturated carbocycles. The Morgan fingerprint density at radius 2 is 1.81 bits per heavy atom. The van der Waals surface area contributed by atoms with Crippen molar-refractivity contribution < 1.29 is 4.79 Å². The largest absolute Gasteiger partial charge is 0.338 e. The van der Waals surface area contributed by atoms with Crippen LogP contribution in [0.25, 0.3) is 0 Å². The summed E-state index contributed by atoms with van der Waals surface area (Å²) in [6, 6.07) is 10.5. The van der Waals surface area contributed by atoms with Gasteiger partial charge in [-0.1, -0.05) is 30.3 Å². The van der Waals surface area contributed by atoms with Gasteiger partial charge < -0.3 is 10.6 Å². The third-order valence-electron chi connectivity index (χ3n) is 3.82. The minimum absolute atomic E-state index is 0. The highest BCUT2D eigenvalue weighted by Crippen LogP contribution is 2.23. The first kappa shape index (κ1) is 20.2. The number of amides is 1. The highest BCUT2D eigenvalue weighted by molar-refractivity contribution is 5.85. The lowest BCUT2D eigenvalue weighted by Crippen LogP contribution is -2.60. The van der Waals surface area contributed by atoms with Crippen molar-refractivity contribution in [1.82, 2.24) is 9.80 Å². The monoisotopic (exact) mass is 333 g/mol. The molecule has 120 valence electrons. The zero-order valence-corrected chi connectivity index (χ0v) is 14.3. The second-order valence-electron chi connectivity index (χ2n) is 5.74. The molecule has 0 unspecified atom stereocenters. The van der Waals surface area contributed by atoms with Crippen LogP contribution in [0.3, 0.4) is 0 Å². The number of carbonyl (C=O) groups excluding carboxylic acids is 1. The number of benzene rings is 1. The molecule has 2 N–H and O–H groups in total. The quantitative estimate of drug-likeness (QED) is 0.919. The molecule has 4 nitrogen and oxygen atoms in total. The van der Waals surface area contributed by atoms with E-state index < -0.39 is 0 Å². The number of halogens is 2. The first-order chi connectivity index (χ1) is 9.03. The van der Waals surface area contributed by atoms with Crippen LogP contribution in [0.2, 0.25) is 0 Å². The van der Waals surface area contributed by atoms with Crippen molar-refractivity contribution in [3.8, 4) is 0 Å². The summed E-state index contributed by atoms with van der Waals surface area (Å²) < 4.78 is 0. The Morgan fingerprint density at radius 1 is 1.19 bits per heavy atom. The molecule has 0 aromatic heterocycles. The van der Waals surface area contributed by atoms with Crippen LogP contribution in [0.5, 0.6) is 0 Å². The maximum atomic E-state index is 11.7. The van der Waals surface area contributed by atoms with Gasteiger partial charge in [0.05, 0.1) is 6.54 Å². The summed E-state index contributed by atoms with van der Waals surface area (Å²) in [5.41, 5.74) is 6.74. The Morgan fingerprint density at radius 3 is 2.33 bits per heavy atom. The second-order valence-corrected chi connectivity index (χ2v) is 5.74. The average molecular weight is 334 g/mol. The Hall–Kier alpha value is -0.810. The maximum absolute atomic E-state index is 11.7. The SMILES string of the molecule is CC1(C)CN(C(=O)CN)CCN1Cc1ccccc1.Cl.Cl. The van der Waals surface area contributed by atoms with Crippen molar-refractivity contribution in [3.05, 3.63) is 35.9 Å². The first-order valence-electron chi connectivity index (χ1n) is 6.80. The fraction of sp³-hybridized carbons (Fsp3) is 0.533. The lowest BCUT2D eigenvalue weighted by atomic mass is 9.97. The molecule has 1 aliphatic rings. The van der Waals surface area contributed by atoms with Crippen molar-refractivity contribution in [3.63, 3.8) is 0 Å². The molecule has 6 heteroatoms. The van der Waals surface area contributed by atoms with Crippen molar-refractivity contribution in [2.75, 3.05) is 26.2 Å². The van der Waals surface area contributed by atoms with Gasteiger partial charge in [-0.2, -0.15) is 0 Å². The maximum Gasteiger partial charge on any atom is 0.236 e. The van der Waals surface area contributed by atoms with Crippen LogP contribution in [0.15, 0.2) is 30.3 Å². The lowest BCUT2D eigenvalue weighted by Gasteiger charge is -2.47. The Bertz CT molecular complexity index is 440. The van der Waals surface area contributed by atoms with Gasteiger partial charge in [-0.15, -0.1) is 24.8 Å². The van der Waals surface area contributed by atoms with Crippen molar-refractivity contribution in [1.29, 1.82) is 0 Å². The molecule has 0 bridgehead atoms. The minimum Gasteiger partial charge on any atom is -0.338 e. The molecule has 0 spiro atoms. The molecule has 1 aromatic rings. The number of hydrogen-bond donors (Lipinski definition) is 1. The fourth-order valence-corrected chi connectivity index (χ4v) is 2.63. The van der Waals surface area contributed by atoms with E-state index >= 15 is 0 Å². The number of piperazine rings is 1. The van der Waals surface area contributed by atoms with Gasteiger partial charge in [-0.05, 0) is 19.4 Å². The number of nitrogens with zero attached hydrogens (tertiary/aromatic N) is 2. The molecular formula is C15H25Cl2N3O. The van der Waals surface area contributed by atoms with Gasteiger partial charge in [0, 0.05) is 31.7 Å². The summed E-state index contributed by atoms with van der Waals surface area (Å²) in [6.07, 6.45) is 0. The summed E-state index contributed by atoms with van der Waals surface area (Å²) in [5, 5.41) is 0. The van der Waals surface area contributed by atoms with Gasteiger partial charge in [0.2, 0.25) is 5.91 Å². The Kier molecular flexibility index (Phi) is 8.26. The molecule has 0 aliphatic carbocycles. The topological polar surface area (TPSA) is 49.6 Å². The van der Waals surface area contributed by atoms with Crippen LogP contribution in [-0.4, -0.2) is 47.4 Å². The van der Waals surface area contributed by atoms with Gasteiger partial charge in [-0.25, -0.2) is 0 Å². The minimum atomic E-state index is -0.0150. The van der Waals surface area contributed by atoms with E-state index in [1.807, 2.05) is 11.0 Å². The van der Waals surface area contributed by atoms with E-state index in [-0.39, 0.29) is 42.8 Å². The number of rotatable bonds is 3. The average Bonchev–Trinajstić information content (AvgIpc) is 2.41. The molecule has 1 saturated heterocycles. The Labute approximate surface area is 139 Å². The summed E-state index contributed by atoms with van der Waals surface area (Å²) in [4.78, 5) is 16.0. The molecule has 1 aromatic carbocycles. The summed E-state index contributed by atoms with van der Waals surface area (Å²) in [6.45, 7) is 7.82. The van der Waals surface area contributed by atoms with Crippen LogP contribution >= 0.6 is 24.8 Å². The van der Waals surface area contributed by atoms with E-state index in [1.54, 1.807) is 0 Å². The normalized spacial score (nSPS) is 17.6. The molecule has 1 aliphatic heterocycles. The van der Waals surface area contributed by atoms with Crippen LogP contribution in [-0.2, 0) is 11.3 Å².